The molecule has 1 aromatic carbocycles. The van der Waals surface area contributed by atoms with E-state index in [4.69, 9.17) is 17.3 Å². The molecule has 0 bridgehead atoms. The highest BCUT2D eigenvalue weighted by Gasteiger charge is 2.12. The lowest BCUT2D eigenvalue weighted by molar-refractivity contribution is -0.121. The lowest BCUT2D eigenvalue weighted by Gasteiger charge is -2.17. The van der Waals surface area contributed by atoms with Crippen molar-refractivity contribution in [1.29, 1.82) is 0 Å². The maximum atomic E-state index is 10.9. The molecule has 0 saturated carbocycles. The molecule has 0 saturated heterocycles. The van der Waals surface area contributed by atoms with E-state index in [0.29, 0.717) is 6.54 Å². The van der Waals surface area contributed by atoms with E-state index in [1.165, 1.54) is 0 Å². The van der Waals surface area contributed by atoms with Gasteiger partial charge in [0.25, 0.3) is 0 Å². The van der Waals surface area contributed by atoms with Crippen molar-refractivity contribution in [1.82, 2.24) is 5.32 Å². The molecule has 4 heteroatoms. The van der Waals surface area contributed by atoms with E-state index in [0.717, 1.165) is 10.6 Å². The fraction of sp³-hybridized carbons (Fsp3) is 0.417. The van der Waals surface area contributed by atoms with Crippen LogP contribution in [0.2, 0.25) is 5.02 Å². The van der Waals surface area contributed by atoms with Gasteiger partial charge >= 0.3 is 0 Å². The second kappa shape index (κ2) is 5.87. The molecule has 2 atom stereocenters. The van der Waals surface area contributed by atoms with Crippen LogP contribution >= 0.6 is 11.6 Å². The molecule has 0 aliphatic heterocycles. The first-order valence-electron chi connectivity index (χ1n) is 5.29. The van der Waals surface area contributed by atoms with Crippen LogP contribution in [0.3, 0.4) is 0 Å². The van der Waals surface area contributed by atoms with E-state index in [9.17, 15) is 4.79 Å². The Labute approximate surface area is 101 Å². The van der Waals surface area contributed by atoms with Crippen LogP contribution in [0.1, 0.15) is 25.5 Å². The van der Waals surface area contributed by atoms with Crippen LogP contribution in [0.5, 0.6) is 0 Å². The van der Waals surface area contributed by atoms with Crippen LogP contribution in [0, 0.1) is 5.92 Å². The van der Waals surface area contributed by atoms with Crippen molar-refractivity contribution in [2.24, 2.45) is 11.7 Å². The zero-order valence-electron chi connectivity index (χ0n) is 9.53. The maximum absolute atomic E-state index is 10.9. The summed E-state index contributed by atoms with van der Waals surface area (Å²) < 4.78 is 0. The predicted octanol–water partition coefficient (Wildman–Crippen LogP) is 2.11. The van der Waals surface area contributed by atoms with E-state index in [-0.39, 0.29) is 17.9 Å². The van der Waals surface area contributed by atoms with Gasteiger partial charge in [-0.25, -0.2) is 0 Å². The first-order chi connectivity index (χ1) is 7.52. The molecule has 1 amide bonds. The first-order valence-corrected chi connectivity index (χ1v) is 5.67. The van der Waals surface area contributed by atoms with E-state index in [2.05, 4.69) is 5.32 Å². The minimum absolute atomic E-state index is 0.107. The van der Waals surface area contributed by atoms with Gasteiger partial charge in [-0.15, -0.1) is 0 Å². The molecule has 0 aliphatic rings. The summed E-state index contributed by atoms with van der Waals surface area (Å²) in [5.41, 5.74) is 6.21. The Morgan fingerprint density at radius 3 is 2.62 bits per heavy atom. The van der Waals surface area contributed by atoms with Gasteiger partial charge in [-0.2, -0.15) is 0 Å². The molecule has 0 fully saturated rings. The van der Waals surface area contributed by atoms with Crippen molar-refractivity contribution in [3.63, 3.8) is 0 Å². The smallest absolute Gasteiger partial charge is 0.221 e. The molecular formula is C12H17ClN2O. The van der Waals surface area contributed by atoms with Crippen molar-refractivity contribution < 1.29 is 4.79 Å². The summed E-state index contributed by atoms with van der Waals surface area (Å²) in [6.45, 7) is 4.37. The molecule has 3 nitrogen and oxygen atoms in total. The number of carbonyl (C=O) groups is 1. The van der Waals surface area contributed by atoms with Crippen LogP contribution in [0.15, 0.2) is 24.3 Å². The predicted molar refractivity (Wildman–Crippen MR) is 66.2 cm³/mol. The molecule has 0 aromatic heterocycles. The van der Waals surface area contributed by atoms with E-state index < -0.39 is 0 Å². The lowest BCUT2D eigenvalue weighted by Crippen LogP contribution is -2.32. The van der Waals surface area contributed by atoms with Crippen molar-refractivity contribution in [2.45, 2.75) is 19.9 Å². The normalized spacial score (nSPS) is 14.4. The number of rotatable bonds is 5. The Morgan fingerprint density at radius 1 is 1.44 bits per heavy atom. The third-order valence-corrected chi connectivity index (χ3v) is 2.93. The molecule has 3 N–H and O–H groups in total. The van der Waals surface area contributed by atoms with Gasteiger partial charge in [0, 0.05) is 23.5 Å². The Kier molecular flexibility index (Phi) is 4.77. The van der Waals surface area contributed by atoms with Gasteiger partial charge in [-0.05, 0) is 18.6 Å². The topological polar surface area (TPSA) is 55.1 Å². The lowest BCUT2D eigenvalue weighted by atomic mass is 10.1. The molecule has 0 spiro atoms. The van der Waals surface area contributed by atoms with Gasteiger partial charge in [0.2, 0.25) is 5.91 Å². The van der Waals surface area contributed by atoms with Crippen LogP contribution < -0.4 is 11.1 Å². The summed E-state index contributed by atoms with van der Waals surface area (Å²) in [4.78, 5) is 10.9. The Bertz CT molecular complexity index is 368. The number of halogens is 1. The third kappa shape index (κ3) is 3.51. The monoisotopic (exact) mass is 240 g/mol. The molecule has 2 unspecified atom stereocenters. The van der Waals surface area contributed by atoms with Gasteiger partial charge in [-0.3, -0.25) is 4.79 Å². The average molecular weight is 241 g/mol. The number of benzene rings is 1. The maximum Gasteiger partial charge on any atom is 0.221 e. The third-order valence-electron chi connectivity index (χ3n) is 2.59. The minimum atomic E-state index is -0.293. The summed E-state index contributed by atoms with van der Waals surface area (Å²) in [5.74, 6) is -0.469. The van der Waals surface area contributed by atoms with E-state index in [1.807, 2.05) is 31.2 Å². The molecule has 16 heavy (non-hydrogen) atoms. The molecule has 0 heterocycles. The van der Waals surface area contributed by atoms with Crippen molar-refractivity contribution in [2.75, 3.05) is 6.54 Å². The van der Waals surface area contributed by atoms with E-state index >= 15 is 0 Å². The molecule has 88 valence electrons. The van der Waals surface area contributed by atoms with Gasteiger partial charge < -0.3 is 11.1 Å². The summed E-state index contributed by atoms with van der Waals surface area (Å²) in [6, 6.07) is 7.76. The van der Waals surface area contributed by atoms with Crippen LogP contribution in [-0.4, -0.2) is 12.5 Å². The van der Waals surface area contributed by atoms with E-state index in [1.54, 1.807) is 6.92 Å². The summed E-state index contributed by atoms with van der Waals surface area (Å²) in [5, 5.41) is 3.97. The van der Waals surface area contributed by atoms with Crippen molar-refractivity contribution in [3.8, 4) is 0 Å². The summed E-state index contributed by atoms with van der Waals surface area (Å²) >= 11 is 6.07. The fourth-order valence-electron chi connectivity index (χ4n) is 1.39. The summed E-state index contributed by atoms with van der Waals surface area (Å²) in [7, 11) is 0. The average Bonchev–Trinajstić information content (AvgIpc) is 2.25. The highest BCUT2D eigenvalue weighted by Crippen LogP contribution is 2.22. The zero-order chi connectivity index (χ0) is 12.1. The molecule has 0 aliphatic carbocycles. The standard InChI is InChI=1S/C12H17ClN2O/c1-8(12(14)16)7-15-9(2)10-5-3-4-6-11(10)13/h3-6,8-9,15H,7H2,1-2H3,(H2,14,16). The Balaban J connectivity index is 2.56. The Morgan fingerprint density at radius 2 is 2.06 bits per heavy atom. The van der Waals surface area contributed by atoms with Crippen molar-refractivity contribution in [3.05, 3.63) is 34.9 Å². The van der Waals surface area contributed by atoms with Crippen LogP contribution in [0.4, 0.5) is 0 Å². The highest BCUT2D eigenvalue weighted by atomic mass is 35.5. The van der Waals surface area contributed by atoms with Crippen LogP contribution in [0.25, 0.3) is 0 Å². The molecule has 1 aromatic rings. The number of amides is 1. The molecule has 1 rings (SSSR count). The second-order valence-electron chi connectivity index (χ2n) is 3.95. The number of carbonyl (C=O) groups excluding carboxylic acids is 1. The zero-order valence-corrected chi connectivity index (χ0v) is 10.3. The number of nitrogens with two attached hydrogens (primary N) is 1. The second-order valence-corrected chi connectivity index (χ2v) is 4.36. The van der Waals surface area contributed by atoms with Gasteiger partial charge in [0.05, 0.1) is 0 Å². The number of nitrogens with one attached hydrogen (secondary N) is 1. The number of primary amides is 1. The van der Waals surface area contributed by atoms with Gasteiger partial charge in [0.15, 0.2) is 0 Å². The molecular weight excluding hydrogens is 224 g/mol. The SMILES string of the molecule is CC(CNC(C)c1ccccc1Cl)C(N)=O. The van der Waals surface area contributed by atoms with Crippen LogP contribution in [-0.2, 0) is 4.79 Å². The minimum Gasteiger partial charge on any atom is -0.369 e. The van der Waals surface area contributed by atoms with Crippen molar-refractivity contribution >= 4 is 17.5 Å². The Hall–Kier alpha value is -1.06. The number of hydrogen-bond donors (Lipinski definition) is 2. The quantitative estimate of drug-likeness (QED) is 0.828. The van der Waals surface area contributed by atoms with Gasteiger partial charge in [-0.1, -0.05) is 36.7 Å². The van der Waals surface area contributed by atoms with Gasteiger partial charge in [0.1, 0.15) is 0 Å². The first kappa shape index (κ1) is 13.0. The fourth-order valence-corrected chi connectivity index (χ4v) is 1.69. The number of hydrogen-bond acceptors (Lipinski definition) is 2. The summed E-state index contributed by atoms with van der Waals surface area (Å²) in [6.07, 6.45) is 0. The largest absolute Gasteiger partial charge is 0.369 e. The molecule has 0 radical (unpaired) electrons. The highest BCUT2D eigenvalue weighted by molar-refractivity contribution is 6.31.